The molecule has 0 aromatic heterocycles. The van der Waals surface area contributed by atoms with Crippen LogP contribution in [-0.4, -0.2) is 26.2 Å². The summed E-state index contributed by atoms with van der Waals surface area (Å²) in [7, 11) is 1.64. The van der Waals surface area contributed by atoms with E-state index in [0.29, 0.717) is 6.61 Å². The quantitative estimate of drug-likeness (QED) is 0.726. The van der Waals surface area contributed by atoms with Gasteiger partial charge in [0.1, 0.15) is 12.4 Å². The molecule has 0 spiro atoms. The van der Waals surface area contributed by atoms with Crippen LogP contribution >= 0.6 is 0 Å². The summed E-state index contributed by atoms with van der Waals surface area (Å²) in [5.74, 6) is 0.777. The molecule has 0 unspecified atom stereocenters. The molecule has 2 N–H and O–H groups in total. The van der Waals surface area contributed by atoms with E-state index in [1.165, 1.54) is 5.56 Å². The van der Waals surface area contributed by atoms with Gasteiger partial charge in [-0.2, -0.15) is 0 Å². The zero-order valence-electron chi connectivity index (χ0n) is 9.79. The lowest BCUT2D eigenvalue weighted by molar-refractivity contribution is -0.126. The van der Waals surface area contributed by atoms with Crippen LogP contribution in [0.15, 0.2) is 18.2 Å². The number of hydrogen-bond donors (Lipinski definition) is 2. The van der Waals surface area contributed by atoms with E-state index in [2.05, 4.69) is 16.9 Å². The average Bonchev–Trinajstić information content (AvgIpc) is 2.76. The molecule has 1 aliphatic rings. The van der Waals surface area contributed by atoms with Crippen molar-refractivity contribution in [1.82, 2.24) is 10.9 Å². The van der Waals surface area contributed by atoms with E-state index in [1.54, 1.807) is 7.05 Å². The Kier molecular flexibility index (Phi) is 3.95. The zero-order chi connectivity index (χ0) is 12.1. The van der Waals surface area contributed by atoms with Crippen molar-refractivity contribution in [3.8, 4) is 5.75 Å². The van der Waals surface area contributed by atoms with Gasteiger partial charge >= 0.3 is 0 Å². The summed E-state index contributed by atoms with van der Waals surface area (Å²) in [4.78, 5) is 11.1. The zero-order valence-corrected chi connectivity index (χ0v) is 9.79. The lowest BCUT2D eigenvalue weighted by Crippen LogP contribution is -2.36. The fourth-order valence-electron chi connectivity index (χ4n) is 1.77. The highest BCUT2D eigenvalue weighted by Crippen LogP contribution is 2.25. The summed E-state index contributed by atoms with van der Waals surface area (Å²) < 4.78 is 10.7. The molecular formula is C12H16N2O3. The van der Waals surface area contributed by atoms with Crippen molar-refractivity contribution in [1.29, 1.82) is 0 Å². The Bertz CT molecular complexity index is 407. The van der Waals surface area contributed by atoms with Gasteiger partial charge in [-0.25, -0.2) is 5.43 Å². The first-order chi connectivity index (χ1) is 8.29. The number of fused-ring (bicyclic) bond motifs is 1. The fourth-order valence-corrected chi connectivity index (χ4v) is 1.77. The van der Waals surface area contributed by atoms with Crippen LogP contribution in [0, 0.1) is 0 Å². The molecular weight excluding hydrogens is 220 g/mol. The molecule has 2 rings (SSSR count). The topological polar surface area (TPSA) is 59.6 Å². The van der Waals surface area contributed by atoms with Crippen molar-refractivity contribution in [2.75, 3.05) is 20.3 Å². The van der Waals surface area contributed by atoms with Crippen LogP contribution in [0.5, 0.6) is 5.75 Å². The van der Waals surface area contributed by atoms with Gasteiger partial charge < -0.3 is 9.47 Å². The van der Waals surface area contributed by atoms with E-state index in [0.717, 1.165) is 24.3 Å². The van der Waals surface area contributed by atoms with Crippen LogP contribution in [-0.2, 0) is 22.6 Å². The van der Waals surface area contributed by atoms with Crippen molar-refractivity contribution >= 4 is 5.91 Å². The third-order valence-electron chi connectivity index (χ3n) is 2.52. The predicted molar refractivity (Wildman–Crippen MR) is 62.5 cm³/mol. The third-order valence-corrected chi connectivity index (χ3v) is 2.52. The van der Waals surface area contributed by atoms with Crippen LogP contribution in [0.3, 0.4) is 0 Å². The molecule has 1 amide bonds. The Hall–Kier alpha value is -1.59. The van der Waals surface area contributed by atoms with Crippen molar-refractivity contribution in [3.63, 3.8) is 0 Å². The number of rotatable bonds is 5. The van der Waals surface area contributed by atoms with Crippen LogP contribution in [0.25, 0.3) is 0 Å². The van der Waals surface area contributed by atoms with E-state index >= 15 is 0 Å². The lowest BCUT2D eigenvalue weighted by Gasteiger charge is -2.06. The van der Waals surface area contributed by atoms with Gasteiger partial charge in [0.05, 0.1) is 13.2 Å². The normalized spacial score (nSPS) is 13.0. The van der Waals surface area contributed by atoms with E-state index in [4.69, 9.17) is 9.47 Å². The maximum Gasteiger partial charge on any atom is 0.260 e. The molecule has 0 atom stereocenters. The second-order valence-electron chi connectivity index (χ2n) is 3.83. The third kappa shape index (κ3) is 3.18. The number of carbonyl (C=O) groups is 1. The minimum atomic E-state index is -0.183. The Morgan fingerprint density at radius 3 is 3.24 bits per heavy atom. The largest absolute Gasteiger partial charge is 0.493 e. The Labute approximate surface area is 100 Å². The average molecular weight is 236 g/mol. The Morgan fingerprint density at radius 2 is 2.41 bits per heavy atom. The van der Waals surface area contributed by atoms with Crippen molar-refractivity contribution in [3.05, 3.63) is 29.3 Å². The maximum atomic E-state index is 11.1. The summed E-state index contributed by atoms with van der Waals surface area (Å²) in [5.41, 5.74) is 7.27. The Balaban J connectivity index is 1.81. The van der Waals surface area contributed by atoms with E-state index in [9.17, 15) is 4.79 Å². The monoisotopic (exact) mass is 236 g/mol. The van der Waals surface area contributed by atoms with Gasteiger partial charge in [-0.3, -0.25) is 10.2 Å². The molecule has 0 aliphatic carbocycles. The number of hydrazine groups is 1. The molecule has 1 aromatic rings. The van der Waals surface area contributed by atoms with Gasteiger partial charge in [0, 0.05) is 13.5 Å². The van der Waals surface area contributed by atoms with Gasteiger partial charge in [0.15, 0.2) is 0 Å². The van der Waals surface area contributed by atoms with Crippen molar-refractivity contribution in [2.45, 2.75) is 13.0 Å². The molecule has 5 nitrogen and oxygen atoms in total. The number of nitrogens with one attached hydrogen (secondary N) is 2. The minimum Gasteiger partial charge on any atom is -0.493 e. The van der Waals surface area contributed by atoms with Gasteiger partial charge in [-0.15, -0.1) is 0 Å². The molecule has 0 bridgehead atoms. The van der Waals surface area contributed by atoms with E-state index in [1.807, 2.05) is 12.1 Å². The van der Waals surface area contributed by atoms with E-state index in [-0.39, 0.29) is 12.5 Å². The lowest BCUT2D eigenvalue weighted by atomic mass is 10.1. The summed E-state index contributed by atoms with van der Waals surface area (Å²) in [5, 5.41) is 0. The van der Waals surface area contributed by atoms with Crippen LogP contribution in [0.1, 0.15) is 11.1 Å². The van der Waals surface area contributed by atoms with Gasteiger partial charge in [-0.1, -0.05) is 6.07 Å². The first kappa shape index (κ1) is 11.9. The van der Waals surface area contributed by atoms with Gasteiger partial charge in [0.25, 0.3) is 5.91 Å². The molecule has 1 heterocycles. The fraction of sp³-hybridized carbons (Fsp3) is 0.417. The van der Waals surface area contributed by atoms with Crippen LogP contribution in [0.4, 0.5) is 0 Å². The highest BCUT2D eigenvalue weighted by molar-refractivity contribution is 5.76. The molecule has 92 valence electrons. The highest BCUT2D eigenvalue weighted by atomic mass is 16.5. The predicted octanol–water partition coefficient (Wildman–Crippen LogP) is 0.389. The van der Waals surface area contributed by atoms with Crippen molar-refractivity contribution < 1.29 is 14.3 Å². The van der Waals surface area contributed by atoms with Crippen LogP contribution < -0.4 is 15.6 Å². The smallest absolute Gasteiger partial charge is 0.260 e. The molecule has 0 saturated carbocycles. The van der Waals surface area contributed by atoms with Gasteiger partial charge in [0.2, 0.25) is 0 Å². The number of benzene rings is 1. The van der Waals surface area contributed by atoms with Gasteiger partial charge in [-0.05, 0) is 23.3 Å². The molecule has 0 radical (unpaired) electrons. The molecule has 5 heteroatoms. The molecule has 1 aromatic carbocycles. The summed E-state index contributed by atoms with van der Waals surface area (Å²) in [6.45, 7) is 1.24. The molecule has 0 fully saturated rings. The maximum absolute atomic E-state index is 11.1. The first-order valence-electron chi connectivity index (χ1n) is 5.57. The first-order valence-corrected chi connectivity index (χ1v) is 5.57. The number of hydrogen-bond acceptors (Lipinski definition) is 4. The second-order valence-corrected chi connectivity index (χ2v) is 3.83. The summed E-state index contributed by atoms with van der Waals surface area (Å²) in [6.07, 6.45) is 0.948. The molecule has 1 aliphatic heterocycles. The second kappa shape index (κ2) is 5.65. The van der Waals surface area contributed by atoms with E-state index < -0.39 is 0 Å². The summed E-state index contributed by atoms with van der Waals surface area (Å²) >= 11 is 0. The highest BCUT2D eigenvalue weighted by Gasteiger charge is 2.11. The molecule has 17 heavy (non-hydrogen) atoms. The SMILES string of the molecule is CNNC(=O)COCc1ccc2c(c1)CCO2. The number of amides is 1. The Morgan fingerprint density at radius 1 is 1.53 bits per heavy atom. The summed E-state index contributed by atoms with van der Waals surface area (Å²) in [6, 6.07) is 5.98. The van der Waals surface area contributed by atoms with Crippen LogP contribution in [0.2, 0.25) is 0 Å². The number of carbonyl (C=O) groups excluding carboxylic acids is 1. The van der Waals surface area contributed by atoms with Crippen molar-refractivity contribution in [2.24, 2.45) is 0 Å². The number of ether oxygens (including phenoxy) is 2. The standard InChI is InChI=1S/C12H16N2O3/c1-13-14-12(15)8-16-7-9-2-3-11-10(6-9)4-5-17-11/h2-3,6,13H,4-5,7-8H2,1H3,(H,14,15). The minimum absolute atomic E-state index is 0.0500. The molecule has 0 saturated heterocycles.